The summed E-state index contributed by atoms with van der Waals surface area (Å²) in [6.45, 7) is 1.94. The Balaban J connectivity index is 1.86. The molecule has 0 saturated carbocycles. The van der Waals surface area contributed by atoms with Gasteiger partial charge < -0.3 is 10.1 Å². The molecular formula is C18H19BrFNO2S. The van der Waals surface area contributed by atoms with Crippen LogP contribution in [0.5, 0.6) is 5.75 Å². The predicted molar refractivity (Wildman–Crippen MR) is 99.8 cm³/mol. The number of rotatable bonds is 7. The van der Waals surface area contributed by atoms with Crippen molar-refractivity contribution in [2.45, 2.75) is 18.7 Å². The van der Waals surface area contributed by atoms with E-state index >= 15 is 0 Å². The number of halogens is 2. The number of benzene rings is 2. The highest BCUT2D eigenvalue weighted by Crippen LogP contribution is 2.25. The van der Waals surface area contributed by atoms with Gasteiger partial charge in [0.15, 0.2) is 0 Å². The molecule has 0 saturated heterocycles. The average Bonchev–Trinajstić information content (AvgIpc) is 2.55. The molecule has 2 rings (SSSR count). The zero-order chi connectivity index (χ0) is 17.5. The topological polar surface area (TPSA) is 38.3 Å². The zero-order valence-electron chi connectivity index (χ0n) is 13.5. The summed E-state index contributed by atoms with van der Waals surface area (Å²) in [6.07, 6.45) is 0. The minimum absolute atomic E-state index is 0.0568. The molecule has 2 aromatic rings. The van der Waals surface area contributed by atoms with Gasteiger partial charge in [0, 0.05) is 15.8 Å². The summed E-state index contributed by atoms with van der Waals surface area (Å²) in [5, 5.41) is 2.97. The van der Waals surface area contributed by atoms with Gasteiger partial charge in [-0.1, -0.05) is 34.1 Å². The zero-order valence-corrected chi connectivity index (χ0v) is 15.9. The van der Waals surface area contributed by atoms with Gasteiger partial charge in [0.2, 0.25) is 5.91 Å². The van der Waals surface area contributed by atoms with E-state index in [0.29, 0.717) is 17.3 Å². The molecule has 128 valence electrons. The van der Waals surface area contributed by atoms with Crippen molar-refractivity contribution in [1.29, 1.82) is 0 Å². The van der Waals surface area contributed by atoms with E-state index in [2.05, 4.69) is 21.2 Å². The Morgan fingerprint density at radius 3 is 2.79 bits per heavy atom. The van der Waals surface area contributed by atoms with Crippen molar-refractivity contribution >= 4 is 33.6 Å². The van der Waals surface area contributed by atoms with E-state index in [-0.39, 0.29) is 17.8 Å². The highest BCUT2D eigenvalue weighted by atomic mass is 79.9. The molecule has 2 aromatic carbocycles. The van der Waals surface area contributed by atoms with Crippen LogP contribution in [-0.2, 0) is 10.5 Å². The minimum Gasteiger partial charge on any atom is -0.496 e. The maximum atomic E-state index is 13.3. The lowest BCUT2D eigenvalue weighted by atomic mass is 10.1. The number of ether oxygens (including phenoxy) is 1. The molecule has 0 heterocycles. The second kappa shape index (κ2) is 9.08. The van der Waals surface area contributed by atoms with Crippen LogP contribution in [0.1, 0.15) is 24.1 Å². The van der Waals surface area contributed by atoms with Gasteiger partial charge in [-0.15, -0.1) is 11.8 Å². The molecular weight excluding hydrogens is 393 g/mol. The van der Waals surface area contributed by atoms with Crippen LogP contribution < -0.4 is 10.1 Å². The largest absolute Gasteiger partial charge is 0.496 e. The number of nitrogens with one attached hydrogen (secondary N) is 1. The molecule has 1 atom stereocenters. The second-order valence-corrected chi connectivity index (χ2v) is 7.10. The molecule has 0 bridgehead atoms. The van der Waals surface area contributed by atoms with Gasteiger partial charge in [0.05, 0.1) is 18.9 Å². The Morgan fingerprint density at radius 2 is 2.08 bits per heavy atom. The lowest BCUT2D eigenvalue weighted by Crippen LogP contribution is -2.28. The fraction of sp³-hybridized carbons (Fsp3) is 0.278. The maximum absolute atomic E-state index is 13.3. The molecule has 24 heavy (non-hydrogen) atoms. The molecule has 0 unspecified atom stereocenters. The predicted octanol–water partition coefficient (Wildman–Crippen LogP) is 4.71. The summed E-state index contributed by atoms with van der Waals surface area (Å²) in [6, 6.07) is 12.1. The first-order chi connectivity index (χ1) is 11.5. The molecule has 0 aliphatic carbocycles. The third-order valence-electron chi connectivity index (χ3n) is 3.48. The molecule has 0 aliphatic heterocycles. The molecule has 0 radical (unpaired) electrons. The molecule has 1 N–H and O–H groups in total. The van der Waals surface area contributed by atoms with Crippen molar-refractivity contribution in [2.24, 2.45) is 0 Å². The van der Waals surface area contributed by atoms with Crippen LogP contribution in [0.25, 0.3) is 0 Å². The summed E-state index contributed by atoms with van der Waals surface area (Å²) in [5.41, 5.74) is 1.77. The van der Waals surface area contributed by atoms with Crippen LogP contribution >= 0.6 is 27.7 Å². The van der Waals surface area contributed by atoms with E-state index < -0.39 is 0 Å². The Morgan fingerprint density at radius 1 is 1.33 bits per heavy atom. The Labute approximate surface area is 154 Å². The smallest absolute Gasteiger partial charge is 0.230 e. The van der Waals surface area contributed by atoms with Gasteiger partial charge in [0.1, 0.15) is 11.6 Å². The Kier molecular flexibility index (Phi) is 7.12. The Hall–Kier alpha value is -1.53. The number of hydrogen-bond acceptors (Lipinski definition) is 3. The van der Waals surface area contributed by atoms with E-state index in [1.807, 2.05) is 31.2 Å². The van der Waals surface area contributed by atoms with Crippen molar-refractivity contribution in [3.63, 3.8) is 0 Å². The van der Waals surface area contributed by atoms with Crippen LogP contribution in [0.2, 0.25) is 0 Å². The molecule has 1 amide bonds. The first kappa shape index (κ1) is 18.8. The van der Waals surface area contributed by atoms with Crippen molar-refractivity contribution < 1.29 is 13.9 Å². The lowest BCUT2D eigenvalue weighted by Gasteiger charge is -2.16. The van der Waals surface area contributed by atoms with Crippen LogP contribution in [-0.4, -0.2) is 18.8 Å². The third kappa shape index (κ3) is 5.24. The summed E-state index contributed by atoms with van der Waals surface area (Å²) in [4.78, 5) is 12.1. The summed E-state index contributed by atoms with van der Waals surface area (Å²) in [7, 11) is 1.55. The number of methoxy groups -OCH3 is 1. The average molecular weight is 412 g/mol. The SMILES string of the molecule is COc1ccc(F)cc1CSCC(=O)N[C@H](C)c1ccccc1Br. The van der Waals surface area contributed by atoms with Crippen molar-refractivity contribution in [3.05, 3.63) is 63.9 Å². The normalized spacial score (nSPS) is 11.8. The van der Waals surface area contributed by atoms with Gasteiger partial charge in [0.25, 0.3) is 0 Å². The van der Waals surface area contributed by atoms with Crippen molar-refractivity contribution in [1.82, 2.24) is 5.32 Å². The lowest BCUT2D eigenvalue weighted by molar-refractivity contribution is -0.119. The monoisotopic (exact) mass is 411 g/mol. The van der Waals surface area contributed by atoms with Crippen LogP contribution in [0, 0.1) is 5.82 Å². The first-order valence-corrected chi connectivity index (χ1v) is 9.40. The highest BCUT2D eigenvalue weighted by Gasteiger charge is 2.12. The highest BCUT2D eigenvalue weighted by molar-refractivity contribution is 9.10. The molecule has 3 nitrogen and oxygen atoms in total. The third-order valence-corrected chi connectivity index (χ3v) is 5.19. The number of hydrogen-bond donors (Lipinski definition) is 1. The van der Waals surface area contributed by atoms with E-state index in [9.17, 15) is 9.18 Å². The maximum Gasteiger partial charge on any atom is 0.230 e. The summed E-state index contributed by atoms with van der Waals surface area (Å²) >= 11 is 4.91. The molecule has 0 aromatic heterocycles. The van der Waals surface area contributed by atoms with Gasteiger partial charge >= 0.3 is 0 Å². The van der Waals surface area contributed by atoms with Gasteiger partial charge in [-0.2, -0.15) is 0 Å². The molecule has 0 spiro atoms. The van der Waals surface area contributed by atoms with Crippen LogP contribution in [0.3, 0.4) is 0 Å². The second-order valence-electron chi connectivity index (χ2n) is 5.26. The van der Waals surface area contributed by atoms with Crippen LogP contribution in [0.15, 0.2) is 46.9 Å². The van der Waals surface area contributed by atoms with E-state index in [1.54, 1.807) is 13.2 Å². The number of thioether (sulfide) groups is 1. The van der Waals surface area contributed by atoms with Crippen molar-refractivity contribution in [2.75, 3.05) is 12.9 Å². The number of carbonyl (C=O) groups is 1. The first-order valence-electron chi connectivity index (χ1n) is 7.45. The van der Waals surface area contributed by atoms with Crippen molar-refractivity contribution in [3.8, 4) is 5.75 Å². The molecule has 6 heteroatoms. The van der Waals surface area contributed by atoms with Gasteiger partial charge in [-0.25, -0.2) is 4.39 Å². The number of carbonyl (C=O) groups excluding carboxylic acids is 1. The molecule has 0 fully saturated rings. The van der Waals surface area contributed by atoms with Gasteiger partial charge in [-0.05, 0) is 36.8 Å². The fourth-order valence-electron chi connectivity index (χ4n) is 2.30. The standard InChI is InChI=1S/C18H19BrFNO2S/c1-12(15-5-3-4-6-16(15)19)21-18(22)11-24-10-13-9-14(20)7-8-17(13)23-2/h3-9,12H,10-11H2,1-2H3,(H,21,22)/t12-/m1/s1. The quantitative estimate of drug-likeness (QED) is 0.716. The van der Waals surface area contributed by atoms with E-state index in [0.717, 1.165) is 15.6 Å². The number of amides is 1. The Bertz CT molecular complexity index is 711. The minimum atomic E-state index is -0.307. The molecule has 0 aliphatic rings. The van der Waals surface area contributed by atoms with E-state index in [4.69, 9.17) is 4.74 Å². The van der Waals surface area contributed by atoms with Gasteiger partial charge in [-0.3, -0.25) is 4.79 Å². The summed E-state index contributed by atoms with van der Waals surface area (Å²) < 4.78 is 19.5. The summed E-state index contributed by atoms with van der Waals surface area (Å²) in [5.74, 6) is 1.08. The van der Waals surface area contributed by atoms with E-state index in [1.165, 1.54) is 23.9 Å². The van der Waals surface area contributed by atoms with Crippen LogP contribution in [0.4, 0.5) is 4.39 Å². The fourth-order valence-corrected chi connectivity index (χ4v) is 3.75.